The fourth-order valence-electron chi connectivity index (χ4n) is 3.11. The Morgan fingerprint density at radius 3 is 2.30 bits per heavy atom. The molecule has 1 N–H and O–H groups in total. The van der Waals surface area contributed by atoms with E-state index >= 15 is 0 Å². The van der Waals surface area contributed by atoms with Gasteiger partial charge in [-0.3, -0.25) is 0 Å². The van der Waals surface area contributed by atoms with Gasteiger partial charge in [0.15, 0.2) is 0 Å². The van der Waals surface area contributed by atoms with E-state index in [2.05, 4.69) is 61.3 Å². The van der Waals surface area contributed by atoms with Gasteiger partial charge in [0.2, 0.25) is 0 Å². The SMILES string of the molecule is CCc1cccc(C(C)C)c1NC(=O)N(CCN(C)C)Cc1ccccc1. The number of aryl methyl sites for hydroxylation is 1. The van der Waals surface area contributed by atoms with Gasteiger partial charge in [-0.25, -0.2) is 4.79 Å². The Morgan fingerprint density at radius 1 is 1.00 bits per heavy atom. The summed E-state index contributed by atoms with van der Waals surface area (Å²) in [6.45, 7) is 8.57. The van der Waals surface area contributed by atoms with Crippen LogP contribution in [0.4, 0.5) is 10.5 Å². The molecule has 27 heavy (non-hydrogen) atoms. The molecule has 0 aromatic heterocycles. The van der Waals surface area contributed by atoms with E-state index in [1.165, 1.54) is 11.1 Å². The molecule has 0 atom stereocenters. The van der Waals surface area contributed by atoms with Crippen molar-refractivity contribution in [1.82, 2.24) is 9.80 Å². The van der Waals surface area contributed by atoms with Gasteiger partial charge >= 0.3 is 6.03 Å². The number of rotatable bonds is 8. The van der Waals surface area contributed by atoms with Crippen molar-refractivity contribution in [2.24, 2.45) is 0 Å². The molecule has 2 aromatic rings. The van der Waals surface area contributed by atoms with E-state index in [1.54, 1.807) is 0 Å². The molecule has 0 fully saturated rings. The number of nitrogens with one attached hydrogen (secondary N) is 1. The number of carbonyl (C=O) groups excluding carboxylic acids is 1. The molecule has 0 radical (unpaired) electrons. The average molecular weight is 368 g/mol. The summed E-state index contributed by atoms with van der Waals surface area (Å²) in [5, 5.41) is 3.22. The fourth-order valence-corrected chi connectivity index (χ4v) is 3.11. The largest absolute Gasteiger partial charge is 0.322 e. The highest BCUT2D eigenvalue weighted by Gasteiger charge is 2.18. The maximum Gasteiger partial charge on any atom is 0.322 e. The summed E-state index contributed by atoms with van der Waals surface area (Å²) in [6, 6.07) is 16.4. The fraction of sp³-hybridized carbons (Fsp3) is 0.435. The zero-order chi connectivity index (χ0) is 19.8. The quantitative estimate of drug-likeness (QED) is 0.715. The Balaban J connectivity index is 2.25. The lowest BCUT2D eigenvalue weighted by molar-refractivity contribution is 0.202. The molecule has 0 aliphatic carbocycles. The number of para-hydroxylation sites is 1. The summed E-state index contributed by atoms with van der Waals surface area (Å²) in [5.74, 6) is 0.358. The first-order valence-corrected chi connectivity index (χ1v) is 9.78. The second-order valence-electron chi connectivity index (χ2n) is 7.53. The first-order valence-electron chi connectivity index (χ1n) is 9.78. The molecule has 2 amide bonds. The summed E-state index contributed by atoms with van der Waals surface area (Å²) in [4.78, 5) is 17.2. The molecule has 0 saturated carbocycles. The molecule has 4 heteroatoms. The number of likely N-dealkylation sites (N-methyl/N-ethyl adjacent to an activating group) is 1. The third kappa shape index (κ3) is 6.10. The Bertz CT molecular complexity index is 726. The maximum absolute atomic E-state index is 13.2. The number of amides is 2. The van der Waals surface area contributed by atoms with Crippen LogP contribution < -0.4 is 5.32 Å². The lowest BCUT2D eigenvalue weighted by Crippen LogP contribution is -2.39. The van der Waals surface area contributed by atoms with E-state index in [9.17, 15) is 4.79 Å². The summed E-state index contributed by atoms with van der Waals surface area (Å²) in [7, 11) is 4.06. The van der Waals surface area contributed by atoms with Gasteiger partial charge < -0.3 is 15.1 Å². The molecule has 0 unspecified atom stereocenters. The minimum Gasteiger partial charge on any atom is -0.319 e. The standard InChI is InChI=1S/C23H33N3O/c1-6-20-13-10-14-21(18(2)3)22(20)24-23(27)26(16-15-25(4)5)17-19-11-8-7-9-12-19/h7-14,18H,6,15-17H2,1-5H3,(H,24,27). The lowest BCUT2D eigenvalue weighted by Gasteiger charge is -2.26. The molecule has 0 heterocycles. The summed E-state index contributed by atoms with van der Waals surface area (Å²) in [5.41, 5.74) is 4.49. The van der Waals surface area contributed by atoms with Gasteiger partial charge in [-0.1, -0.05) is 69.3 Å². The normalized spacial score (nSPS) is 11.1. The van der Waals surface area contributed by atoms with Crippen LogP contribution in [0.25, 0.3) is 0 Å². The van der Waals surface area contributed by atoms with Crippen molar-refractivity contribution in [3.63, 3.8) is 0 Å². The number of hydrogen-bond acceptors (Lipinski definition) is 2. The van der Waals surface area contributed by atoms with Crippen LogP contribution in [-0.4, -0.2) is 43.0 Å². The molecule has 0 bridgehead atoms. The third-order valence-electron chi connectivity index (χ3n) is 4.74. The van der Waals surface area contributed by atoms with Gasteiger partial charge in [0.1, 0.15) is 0 Å². The molecule has 4 nitrogen and oxygen atoms in total. The summed E-state index contributed by atoms with van der Waals surface area (Å²) >= 11 is 0. The van der Waals surface area contributed by atoms with Crippen LogP contribution in [0.15, 0.2) is 48.5 Å². The molecule has 146 valence electrons. The van der Waals surface area contributed by atoms with Crippen molar-refractivity contribution in [1.29, 1.82) is 0 Å². The van der Waals surface area contributed by atoms with Gasteiger partial charge in [-0.15, -0.1) is 0 Å². The van der Waals surface area contributed by atoms with Gasteiger partial charge in [0.25, 0.3) is 0 Å². The van der Waals surface area contributed by atoms with Crippen molar-refractivity contribution in [2.75, 3.05) is 32.5 Å². The van der Waals surface area contributed by atoms with Crippen LogP contribution in [0.3, 0.4) is 0 Å². The van der Waals surface area contributed by atoms with E-state index in [-0.39, 0.29) is 6.03 Å². The van der Waals surface area contributed by atoms with E-state index in [0.29, 0.717) is 19.0 Å². The van der Waals surface area contributed by atoms with Crippen molar-refractivity contribution >= 4 is 11.7 Å². The van der Waals surface area contributed by atoms with E-state index in [1.807, 2.05) is 37.2 Å². The molecule has 0 aliphatic heterocycles. The first-order chi connectivity index (χ1) is 12.9. The monoisotopic (exact) mass is 367 g/mol. The van der Waals surface area contributed by atoms with Gasteiger partial charge in [-0.05, 0) is 43.1 Å². The average Bonchev–Trinajstić information content (AvgIpc) is 2.65. The van der Waals surface area contributed by atoms with Crippen LogP contribution >= 0.6 is 0 Å². The van der Waals surface area contributed by atoms with Crippen molar-refractivity contribution in [3.8, 4) is 0 Å². The highest BCUT2D eigenvalue weighted by Crippen LogP contribution is 2.28. The van der Waals surface area contributed by atoms with Crippen molar-refractivity contribution < 1.29 is 4.79 Å². The maximum atomic E-state index is 13.2. The minimum atomic E-state index is -0.0384. The first kappa shape index (κ1) is 21.0. The van der Waals surface area contributed by atoms with Crippen molar-refractivity contribution in [3.05, 3.63) is 65.2 Å². The Kier molecular flexibility index (Phi) is 7.86. The van der Waals surface area contributed by atoms with Crippen LogP contribution in [0.2, 0.25) is 0 Å². The third-order valence-corrected chi connectivity index (χ3v) is 4.74. The number of nitrogens with zero attached hydrogens (tertiary/aromatic N) is 2. The van der Waals surface area contributed by atoms with Crippen molar-refractivity contribution in [2.45, 2.75) is 39.7 Å². The molecule has 0 aliphatic rings. The molecule has 2 rings (SSSR count). The van der Waals surface area contributed by atoms with Gasteiger partial charge in [-0.2, -0.15) is 0 Å². The lowest BCUT2D eigenvalue weighted by atomic mass is 9.96. The highest BCUT2D eigenvalue weighted by molar-refractivity contribution is 5.91. The predicted octanol–water partition coefficient (Wildman–Crippen LogP) is 4.97. The molecule has 0 spiro atoms. The number of carbonyl (C=O) groups is 1. The Morgan fingerprint density at radius 2 is 1.70 bits per heavy atom. The summed E-state index contributed by atoms with van der Waals surface area (Å²) < 4.78 is 0. The topological polar surface area (TPSA) is 35.6 Å². The smallest absolute Gasteiger partial charge is 0.319 e. The highest BCUT2D eigenvalue weighted by atomic mass is 16.2. The Labute approximate surface area is 164 Å². The number of anilines is 1. The van der Waals surface area contributed by atoms with Crippen LogP contribution in [-0.2, 0) is 13.0 Å². The number of benzene rings is 2. The zero-order valence-electron chi connectivity index (χ0n) is 17.3. The zero-order valence-corrected chi connectivity index (χ0v) is 17.3. The van der Waals surface area contributed by atoms with Crippen LogP contribution in [0.5, 0.6) is 0 Å². The second kappa shape index (κ2) is 10.1. The Hall–Kier alpha value is -2.33. The molecule has 0 saturated heterocycles. The second-order valence-corrected chi connectivity index (χ2v) is 7.53. The molecular formula is C23H33N3O. The summed E-state index contributed by atoms with van der Waals surface area (Å²) in [6.07, 6.45) is 0.895. The molecular weight excluding hydrogens is 334 g/mol. The predicted molar refractivity (Wildman–Crippen MR) is 114 cm³/mol. The van der Waals surface area contributed by atoms with E-state index < -0.39 is 0 Å². The number of urea groups is 1. The minimum absolute atomic E-state index is 0.0384. The van der Waals surface area contributed by atoms with Crippen LogP contribution in [0.1, 0.15) is 43.4 Å². The van der Waals surface area contributed by atoms with Gasteiger partial charge in [0.05, 0.1) is 0 Å². The number of hydrogen-bond donors (Lipinski definition) is 1. The molecule has 2 aromatic carbocycles. The van der Waals surface area contributed by atoms with Crippen LogP contribution in [0, 0.1) is 0 Å². The van der Waals surface area contributed by atoms with E-state index in [0.717, 1.165) is 24.2 Å². The van der Waals surface area contributed by atoms with Gasteiger partial charge in [0, 0.05) is 25.3 Å². The van der Waals surface area contributed by atoms with E-state index in [4.69, 9.17) is 0 Å².